The summed E-state index contributed by atoms with van der Waals surface area (Å²) in [6.45, 7) is 6.82. The van der Waals surface area contributed by atoms with E-state index in [0.717, 1.165) is 22.6 Å². The Morgan fingerprint density at radius 1 is 1.30 bits per heavy atom. The van der Waals surface area contributed by atoms with Crippen LogP contribution in [0.2, 0.25) is 0 Å². The lowest BCUT2D eigenvalue weighted by molar-refractivity contribution is -0.147. The summed E-state index contributed by atoms with van der Waals surface area (Å²) < 4.78 is 5.10. The number of benzene rings is 1. The Bertz CT molecular complexity index is 812. The van der Waals surface area contributed by atoms with Gasteiger partial charge in [-0.25, -0.2) is 0 Å². The van der Waals surface area contributed by atoms with Crippen LogP contribution in [0.25, 0.3) is 0 Å². The van der Waals surface area contributed by atoms with Crippen molar-refractivity contribution in [3.63, 3.8) is 0 Å². The van der Waals surface area contributed by atoms with E-state index in [9.17, 15) is 9.59 Å². The summed E-state index contributed by atoms with van der Waals surface area (Å²) in [6, 6.07) is 9.73. The Balaban J connectivity index is 1.86. The summed E-state index contributed by atoms with van der Waals surface area (Å²) in [5.74, 6) is 0.612. The quantitative estimate of drug-likeness (QED) is 0.811. The largest absolute Gasteiger partial charge is 0.361 e. The number of amides is 2. The molecule has 6 heteroatoms. The van der Waals surface area contributed by atoms with Crippen molar-refractivity contribution in [2.24, 2.45) is 5.92 Å². The van der Waals surface area contributed by atoms with E-state index in [1.807, 2.05) is 56.0 Å². The number of rotatable bonds is 5. The van der Waals surface area contributed by atoms with Crippen molar-refractivity contribution in [2.75, 3.05) is 13.6 Å². The summed E-state index contributed by atoms with van der Waals surface area (Å²) in [7, 11) is 1.78. The molecule has 0 bridgehead atoms. The van der Waals surface area contributed by atoms with E-state index in [0.29, 0.717) is 25.9 Å². The van der Waals surface area contributed by atoms with Crippen molar-refractivity contribution in [2.45, 2.75) is 46.2 Å². The molecule has 6 nitrogen and oxygen atoms in total. The minimum absolute atomic E-state index is 0.0344. The molecule has 2 heterocycles. The third-order valence-corrected chi connectivity index (χ3v) is 5.24. The molecule has 3 rings (SSSR count). The average Bonchev–Trinajstić information content (AvgIpc) is 3.06. The summed E-state index contributed by atoms with van der Waals surface area (Å²) in [5, 5.41) is 3.98. The fourth-order valence-corrected chi connectivity index (χ4v) is 3.86. The highest BCUT2D eigenvalue weighted by Crippen LogP contribution is 2.37. The first-order valence-electron chi connectivity index (χ1n) is 9.44. The number of nitrogens with zero attached hydrogens (tertiary/aromatic N) is 3. The van der Waals surface area contributed by atoms with Crippen molar-refractivity contribution < 1.29 is 14.1 Å². The molecule has 1 aliphatic heterocycles. The third kappa shape index (κ3) is 4.04. The standard InChI is InChI=1S/C21H27N3O3/c1-5-24-19(25)11-10-18(20(24)16-8-6-14(2)7-9-16)21(26)23(4)13-17-12-15(3)27-22-17/h6-9,12,18,20H,5,10-11,13H2,1-4H3/t18-,20+/m1/s1. The molecule has 2 aromatic rings. The first-order chi connectivity index (χ1) is 12.9. The van der Waals surface area contributed by atoms with Gasteiger partial charge in [-0.05, 0) is 32.8 Å². The number of hydrogen-bond donors (Lipinski definition) is 0. The van der Waals surface area contributed by atoms with Crippen molar-refractivity contribution >= 4 is 11.8 Å². The molecule has 0 unspecified atom stereocenters. The van der Waals surface area contributed by atoms with Crippen molar-refractivity contribution in [3.8, 4) is 0 Å². The van der Waals surface area contributed by atoms with Crippen LogP contribution in [0.4, 0.5) is 0 Å². The SMILES string of the molecule is CCN1C(=O)CC[C@@H](C(=O)N(C)Cc2cc(C)on2)[C@@H]1c1ccc(C)cc1. The van der Waals surface area contributed by atoms with Gasteiger partial charge in [0.05, 0.1) is 18.5 Å². The maximum Gasteiger partial charge on any atom is 0.228 e. The summed E-state index contributed by atoms with van der Waals surface area (Å²) >= 11 is 0. The topological polar surface area (TPSA) is 66.7 Å². The molecule has 1 fully saturated rings. The normalized spacial score (nSPS) is 20.0. The smallest absolute Gasteiger partial charge is 0.228 e. The van der Waals surface area contributed by atoms with Gasteiger partial charge in [0, 0.05) is 26.1 Å². The van der Waals surface area contributed by atoms with Crippen LogP contribution in [0.1, 0.15) is 48.4 Å². The second-order valence-electron chi connectivity index (χ2n) is 7.30. The fraction of sp³-hybridized carbons (Fsp3) is 0.476. The fourth-order valence-electron chi connectivity index (χ4n) is 3.86. The highest BCUT2D eigenvalue weighted by Gasteiger charge is 2.41. The number of carbonyl (C=O) groups excluding carboxylic acids is 2. The highest BCUT2D eigenvalue weighted by atomic mass is 16.5. The Kier molecular flexibility index (Phi) is 5.63. The van der Waals surface area contributed by atoms with Crippen LogP contribution >= 0.6 is 0 Å². The second kappa shape index (κ2) is 7.94. The number of hydrogen-bond acceptors (Lipinski definition) is 4. The van der Waals surface area contributed by atoms with Gasteiger partial charge in [-0.2, -0.15) is 0 Å². The first-order valence-corrected chi connectivity index (χ1v) is 9.44. The summed E-state index contributed by atoms with van der Waals surface area (Å²) in [6.07, 6.45) is 0.971. The zero-order chi connectivity index (χ0) is 19.6. The van der Waals surface area contributed by atoms with Gasteiger partial charge in [-0.1, -0.05) is 35.0 Å². The molecule has 0 aliphatic carbocycles. The van der Waals surface area contributed by atoms with E-state index in [-0.39, 0.29) is 23.8 Å². The van der Waals surface area contributed by atoms with Crippen molar-refractivity contribution in [1.29, 1.82) is 0 Å². The van der Waals surface area contributed by atoms with Gasteiger partial charge in [0.15, 0.2) is 0 Å². The van der Waals surface area contributed by atoms with Crippen LogP contribution in [-0.4, -0.2) is 40.4 Å². The predicted octanol–water partition coefficient (Wildman–Crippen LogP) is 3.25. The zero-order valence-corrected chi connectivity index (χ0v) is 16.4. The van der Waals surface area contributed by atoms with Gasteiger partial charge in [0.2, 0.25) is 11.8 Å². The molecule has 1 saturated heterocycles. The van der Waals surface area contributed by atoms with E-state index in [2.05, 4.69) is 5.16 Å². The van der Waals surface area contributed by atoms with E-state index in [4.69, 9.17) is 4.52 Å². The second-order valence-corrected chi connectivity index (χ2v) is 7.30. The molecule has 1 aromatic heterocycles. The number of aromatic nitrogens is 1. The molecule has 1 aromatic carbocycles. The minimum Gasteiger partial charge on any atom is -0.361 e. The lowest BCUT2D eigenvalue weighted by Gasteiger charge is -2.41. The van der Waals surface area contributed by atoms with E-state index in [1.165, 1.54) is 0 Å². The van der Waals surface area contributed by atoms with Gasteiger partial charge in [-0.15, -0.1) is 0 Å². The van der Waals surface area contributed by atoms with Gasteiger partial charge >= 0.3 is 0 Å². The lowest BCUT2D eigenvalue weighted by atomic mass is 9.83. The number of piperidine rings is 1. The predicted molar refractivity (Wildman–Crippen MR) is 102 cm³/mol. The number of likely N-dealkylation sites (tertiary alicyclic amines) is 1. The lowest BCUT2D eigenvalue weighted by Crippen LogP contribution is -2.48. The Hall–Kier alpha value is -2.63. The van der Waals surface area contributed by atoms with Crippen molar-refractivity contribution in [3.05, 3.63) is 52.9 Å². The molecular formula is C21H27N3O3. The molecule has 1 aliphatic rings. The molecule has 0 N–H and O–H groups in total. The molecule has 144 valence electrons. The summed E-state index contributed by atoms with van der Waals surface area (Å²) in [4.78, 5) is 29.3. The van der Waals surface area contributed by atoms with Gasteiger partial charge < -0.3 is 14.3 Å². The van der Waals surface area contributed by atoms with Crippen LogP contribution in [0.15, 0.2) is 34.9 Å². The average molecular weight is 369 g/mol. The van der Waals surface area contributed by atoms with Crippen LogP contribution in [-0.2, 0) is 16.1 Å². The molecule has 2 amide bonds. The highest BCUT2D eigenvalue weighted by molar-refractivity contribution is 5.85. The first kappa shape index (κ1) is 19.1. The summed E-state index contributed by atoms with van der Waals surface area (Å²) in [5.41, 5.74) is 2.90. The monoisotopic (exact) mass is 369 g/mol. The molecular weight excluding hydrogens is 342 g/mol. The van der Waals surface area contributed by atoms with Crippen LogP contribution in [0.3, 0.4) is 0 Å². The number of carbonyl (C=O) groups is 2. The van der Waals surface area contributed by atoms with Crippen LogP contribution in [0, 0.1) is 19.8 Å². The molecule has 0 saturated carbocycles. The maximum absolute atomic E-state index is 13.3. The number of aryl methyl sites for hydroxylation is 2. The molecule has 0 spiro atoms. The Labute approximate surface area is 160 Å². The molecule has 0 radical (unpaired) electrons. The molecule has 27 heavy (non-hydrogen) atoms. The minimum atomic E-state index is -0.261. The van der Waals surface area contributed by atoms with Gasteiger partial charge in [0.1, 0.15) is 11.5 Å². The Morgan fingerprint density at radius 3 is 2.59 bits per heavy atom. The van der Waals surface area contributed by atoms with Gasteiger partial charge in [0.25, 0.3) is 0 Å². The van der Waals surface area contributed by atoms with E-state index in [1.54, 1.807) is 11.9 Å². The van der Waals surface area contributed by atoms with Crippen molar-refractivity contribution in [1.82, 2.24) is 15.0 Å². The van der Waals surface area contributed by atoms with E-state index < -0.39 is 0 Å². The molecule has 2 atom stereocenters. The van der Waals surface area contributed by atoms with E-state index >= 15 is 0 Å². The van der Waals surface area contributed by atoms with Crippen LogP contribution < -0.4 is 0 Å². The van der Waals surface area contributed by atoms with Gasteiger partial charge in [-0.3, -0.25) is 9.59 Å². The third-order valence-electron chi connectivity index (χ3n) is 5.24. The zero-order valence-electron chi connectivity index (χ0n) is 16.4. The van der Waals surface area contributed by atoms with Crippen LogP contribution in [0.5, 0.6) is 0 Å². The Morgan fingerprint density at radius 2 is 2.00 bits per heavy atom. The maximum atomic E-state index is 13.3.